The summed E-state index contributed by atoms with van der Waals surface area (Å²) in [5.74, 6) is -2.70. The number of nitrogens with zero attached hydrogens (tertiary/aromatic N) is 7. The zero-order chi connectivity index (χ0) is 30.1. The zero-order valence-electron chi connectivity index (χ0n) is 23.6. The highest BCUT2D eigenvalue weighted by Gasteiger charge is 2.60. The van der Waals surface area contributed by atoms with Gasteiger partial charge in [0.15, 0.2) is 0 Å². The number of carboxylic acids is 1. The van der Waals surface area contributed by atoms with E-state index >= 15 is 0 Å². The summed E-state index contributed by atoms with van der Waals surface area (Å²) >= 11 is 1.41. The van der Waals surface area contributed by atoms with Gasteiger partial charge in [0.1, 0.15) is 24.7 Å². The Bertz CT molecular complexity index is 1230. The van der Waals surface area contributed by atoms with Crippen LogP contribution in [0.5, 0.6) is 0 Å². The van der Waals surface area contributed by atoms with Crippen molar-refractivity contribution < 1.29 is 28.7 Å². The van der Waals surface area contributed by atoms with Gasteiger partial charge in [0.25, 0.3) is 0 Å². The number of thioether (sulfide) groups is 1. The summed E-state index contributed by atoms with van der Waals surface area (Å²) < 4.78 is 14.9. The molecule has 1 aromatic heterocycles. The van der Waals surface area contributed by atoms with Crippen molar-refractivity contribution in [2.45, 2.75) is 56.4 Å². The first kappa shape index (κ1) is 30.3. The van der Waals surface area contributed by atoms with Gasteiger partial charge in [0.05, 0.1) is 18.0 Å². The Morgan fingerprint density at radius 3 is 2.67 bits per heavy atom. The molecule has 3 fully saturated rings. The number of piperazine rings is 1. The molecule has 0 bridgehead atoms. The first-order valence-electron chi connectivity index (χ1n) is 14.1. The van der Waals surface area contributed by atoms with Gasteiger partial charge in [-0.15, -0.1) is 16.9 Å². The van der Waals surface area contributed by atoms with E-state index in [9.17, 15) is 28.7 Å². The topological polar surface area (TPSA) is 192 Å². The van der Waals surface area contributed by atoms with Gasteiger partial charge in [-0.1, -0.05) is 6.92 Å². The van der Waals surface area contributed by atoms with Crippen LogP contribution in [0.1, 0.15) is 20.3 Å². The predicted octanol–water partition coefficient (Wildman–Crippen LogP) is -2.14. The lowest BCUT2D eigenvalue weighted by Gasteiger charge is -2.47. The monoisotopic (exact) mass is 608 g/mol. The van der Waals surface area contributed by atoms with Crippen LogP contribution in [-0.4, -0.2) is 139 Å². The summed E-state index contributed by atoms with van der Waals surface area (Å²) in [5, 5.41) is 26.8. The number of aromatic nitrogens is 4. The molecular weight excluding hydrogens is 571 g/mol. The summed E-state index contributed by atoms with van der Waals surface area (Å²) in [6, 6.07) is -1.30. The van der Waals surface area contributed by atoms with Crippen molar-refractivity contribution >= 4 is 35.5 Å². The third kappa shape index (κ3) is 6.00. The van der Waals surface area contributed by atoms with Gasteiger partial charge in [-0.25, -0.2) is 13.9 Å². The van der Waals surface area contributed by atoms with Crippen LogP contribution in [0.2, 0.25) is 0 Å². The van der Waals surface area contributed by atoms with E-state index in [2.05, 4.69) is 26.2 Å². The summed E-state index contributed by atoms with van der Waals surface area (Å²) in [6.45, 7) is 6.53. The predicted molar refractivity (Wildman–Crippen MR) is 148 cm³/mol. The quantitative estimate of drug-likeness (QED) is 0.200. The second-order valence-corrected chi connectivity index (χ2v) is 12.6. The molecular formula is C25H37FN10O5S. The summed E-state index contributed by atoms with van der Waals surface area (Å²) in [4.78, 5) is 56.9. The maximum absolute atomic E-state index is 13.6. The molecule has 42 heavy (non-hydrogen) atoms. The largest absolute Gasteiger partial charge is 0.477 e. The molecule has 1 aromatic rings. The number of amides is 3. The van der Waals surface area contributed by atoms with E-state index in [0.717, 1.165) is 0 Å². The number of tetrazole rings is 1. The molecule has 15 nitrogen and oxygen atoms in total. The first-order valence-corrected chi connectivity index (χ1v) is 15.0. The molecule has 0 spiro atoms. The summed E-state index contributed by atoms with van der Waals surface area (Å²) in [7, 11) is 0. The van der Waals surface area contributed by atoms with Gasteiger partial charge in [0.2, 0.25) is 17.7 Å². The second kappa shape index (κ2) is 12.6. The molecule has 0 unspecified atom stereocenters. The number of hydrogen-bond donors (Lipinski definition) is 4. The van der Waals surface area contributed by atoms with Gasteiger partial charge < -0.3 is 31.3 Å². The zero-order valence-corrected chi connectivity index (χ0v) is 24.4. The fourth-order valence-corrected chi connectivity index (χ4v) is 7.85. The van der Waals surface area contributed by atoms with Crippen molar-refractivity contribution in [3.63, 3.8) is 0 Å². The van der Waals surface area contributed by atoms with E-state index in [4.69, 9.17) is 5.73 Å². The van der Waals surface area contributed by atoms with Crippen LogP contribution in [0, 0.1) is 11.8 Å². The highest BCUT2D eigenvalue weighted by Crippen LogP contribution is 2.51. The lowest BCUT2D eigenvalue weighted by Crippen LogP contribution is -2.66. The van der Waals surface area contributed by atoms with Crippen LogP contribution in [0.4, 0.5) is 4.39 Å². The highest BCUT2D eigenvalue weighted by molar-refractivity contribution is 8.03. The Hall–Kier alpha value is -3.15. The maximum Gasteiger partial charge on any atom is 0.353 e. The number of carbonyl (C=O) groups excluding carboxylic acids is 3. The van der Waals surface area contributed by atoms with E-state index in [0.29, 0.717) is 44.0 Å². The second-order valence-electron chi connectivity index (χ2n) is 11.3. The maximum atomic E-state index is 13.6. The fraction of sp³-hybridized carbons (Fsp3) is 0.720. The van der Waals surface area contributed by atoms with E-state index < -0.39 is 24.1 Å². The molecule has 7 atom stereocenters. The Kier molecular flexibility index (Phi) is 9.10. The van der Waals surface area contributed by atoms with Crippen LogP contribution in [0.25, 0.3) is 0 Å². The van der Waals surface area contributed by atoms with Crippen molar-refractivity contribution in [1.82, 2.24) is 45.5 Å². The number of aliphatic carboxylic acids is 1. The third-order valence-electron chi connectivity index (χ3n) is 8.49. The number of nitrogens with one attached hydrogen (secondary N) is 2. The van der Waals surface area contributed by atoms with E-state index in [1.807, 2.05) is 11.8 Å². The standard InChI is InChI=1S/C25H37FN10O5S/c1-13-20-19(14(2)30-18(37)11-35-12-29-31-32-35)24(39)36(20)21(25(40)41)22(13)42-16-7-17(28-9-16)23(38)34-5-3-33(4-6-34)10-15(26)8-27/h12-17,19-20,28H,3-11,27H2,1-2H3,(H,30,37)(H,40,41)/t13-,14-,15+,16+,17+,19-,20-/m1/s1. The molecule has 0 aliphatic carbocycles. The van der Waals surface area contributed by atoms with Crippen molar-refractivity contribution in [2.75, 3.05) is 45.8 Å². The van der Waals surface area contributed by atoms with Crippen molar-refractivity contribution in [3.8, 4) is 0 Å². The number of β-lactam (4-membered cyclic amide) rings is 1. The Morgan fingerprint density at radius 1 is 1.29 bits per heavy atom. The number of fused-ring (bicyclic) bond motifs is 1. The number of alkyl halides is 1. The van der Waals surface area contributed by atoms with Gasteiger partial charge >= 0.3 is 5.97 Å². The van der Waals surface area contributed by atoms with Crippen molar-refractivity contribution in [2.24, 2.45) is 17.6 Å². The Labute approximate surface area is 246 Å². The summed E-state index contributed by atoms with van der Waals surface area (Å²) in [6.07, 6.45) is 0.763. The SMILES string of the molecule is C[C@@H](NC(=O)Cn1cnnn1)[C@H]1C(=O)N2C(C(=O)O)=C(S[C@@H]3CN[C@H](C(=O)N4CCN(C[C@@H](F)CN)CC4)C3)[C@H](C)[C@H]12. The minimum absolute atomic E-state index is 0.00872. The molecule has 5 heterocycles. The molecule has 0 aromatic carbocycles. The van der Waals surface area contributed by atoms with E-state index in [1.54, 1.807) is 11.8 Å². The number of carboxylic acid groups (broad SMARTS) is 1. The summed E-state index contributed by atoms with van der Waals surface area (Å²) in [5.41, 5.74) is 5.37. The number of rotatable bonds is 11. The average molecular weight is 609 g/mol. The average Bonchev–Trinajstić information content (AvgIpc) is 3.69. The van der Waals surface area contributed by atoms with Gasteiger partial charge in [-0.3, -0.25) is 19.3 Å². The molecule has 5 N–H and O–H groups in total. The van der Waals surface area contributed by atoms with Crippen LogP contribution in [-0.2, 0) is 25.7 Å². The van der Waals surface area contributed by atoms with Crippen LogP contribution in [0.3, 0.4) is 0 Å². The third-order valence-corrected chi connectivity index (χ3v) is 10.0. The highest BCUT2D eigenvalue weighted by atomic mass is 32.2. The molecule has 3 saturated heterocycles. The number of hydrogen-bond acceptors (Lipinski definition) is 11. The molecule has 3 amide bonds. The normalized spacial score (nSPS) is 29.3. The minimum Gasteiger partial charge on any atom is -0.477 e. The number of halogens is 1. The van der Waals surface area contributed by atoms with Gasteiger partial charge in [0, 0.05) is 67.9 Å². The Morgan fingerprint density at radius 2 is 2.02 bits per heavy atom. The Balaban J connectivity index is 1.17. The molecule has 0 radical (unpaired) electrons. The molecule has 5 rings (SSSR count). The first-order chi connectivity index (χ1) is 20.1. The lowest BCUT2D eigenvalue weighted by atomic mass is 9.78. The number of nitrogens with two attached hydrogens (primary N) is 1. The van der Waals surface area contributed by atoms with Crippen molar-refractivity contribution in [1.29, 1.82) is 0 Å². The molecule has 0 saturated carbocycles. The molecule has 17 heteroatoms. The molecule has 4 aliphatic rings. The van der Waals surface area contributed by atoms with Gasteiger partial charge in [-0.05, 0) is 23.8 Å². The fourth-order valence-electron chi connectivity index (χ4n) is 6.37. The minimum atomic E-state index is -1.17. The van der Waals surface area contributed by atoms with E-state index in [1.165, 1.54) is 27.7 Å². The smallest absolute Gasteiger partial charge is 0.353 e. The number of carbonyl (C=O) groups is 4. The van der Waals surface area contributed by atoms with Crippen LogP contribution in [0.15, 0.2) is 16.9 Å². The van der Waals surface area contributed by atoms with Crippen LogP contribution >= 0.6 is 11.8 Å². The molecule has 230 valence electrons. The van der Waals surface area contributed by atoms with Crippen molar-refractivity contribution in [3.05, 3.63) is 16.9 Å². The van der Waals surface area contributed by atoms with Crippen LogP contribution < -0.4 is 16.4 Å². The lowest BCUT2D eigenvalue weighted by molar-refractivity contribution is -0.158. The van der Waals surface area contributed by atoms with Gasteiger partial charge in [-0.2, -0.15) is 0 Å². The van der Waals surface area contributed by atoms with E-state index in [-0.39, 0.29) is 66.3 Å². The molecule has 4 aliphatic heterocycles.